The van der Waals surface area contributed by atoms with Crippen molar-refractivity contribution in [1.82, 2.24) is 5.32 Å². The van der Waals surface area contributed by atoms with Crippen molar-refractivity contribution in [3.8, 4) is 0 Å². The van der Waals surface area contributed by atoms with Gasteiger partial charge in [-0.15, -0.1) is 4.40 Å². The van der Waals surface area contributed by atoms with Crippen molar-refractivity contribution >= 4 is 55.8 Å². The Morgan fingerprint density at radius 3 is 2.68 bits per heavy atom. The van der Waals surface area contributed by atoms with Crippen LogP contribution in [0, 0.1) is 3.57 Å². The van der Waals surface area contributed by atoms with E-state index in [1.807, 2.05) is 34.7 Å². The van der Waals surface area contributed by atoms with Crippen molar-refractivity contribution in [2.75, 3.05) is 11.9 Å². The lowest BCUT2D eigenvalue weighted by Crippen LogP contribution is -2.39. The summed E-state index contributed by atoms with van der Waals surface area (Å²) in [7, 11) is -3.94. The number of nitrogens with zero attached hydrogens (tertiary/aromatic N) is 1. The van der Waals surface area contributed by atoms with Gasteiger partial charge in [-0.3, -0.25) is 9.59 Å². The van der Waals surface area contributed by atoms with Gasteiger partial charge in [0.15, 0.2) is 5.78 Å². The molecule has 0 saturated carbocycles. The topological polar surface area (TPSA) is 105 Å². The first-order valence-corrected chi connectivity index (χ1v) is 11.1. The van der Waals surface area contributed by atoms with Crippen LogP contribution in [0.15, 0.2) is 51.8 Å². The molecule has 0 radical (unpaired) electrons. The third-order valence-corrected chi connectivity index (χ3v) is 6.21. The van der Waals surface area contributed by atoms with Gasteiger partial charge >= 0.3 is 0 Å². The molecule has 0 atom stereocenters. The van der Waals surface area contributed by atoms with Crippen LogP contribution in [0.4, 0.5) is 5.69 Å². The Kier molecular flexibility index (Phi) is 6.14. The number of amidine groups is 1. The SMILES string of the molecule is CCC(=O)c1ccccc1CCNC(=O)C1=NS(=O)(=O)c2cc(I)ccc2N1. The number of hydrogen-bond acceptors (Lipinski definition) is 5. The van der Waals surface area contributed by atoms with Crippen LogP contribution in [0.3, 0.4) is 0 Å². The highest BCUT2D eigenvalue weighted by atomic mass is 127. The van der Waals surface area contributed by atoms with Gasteiger partial charge in [0.2, 0.25) is 5.84 Å². The second-order valence-electron chi connectivity index (χ2n) is 6.12. The van der Waals surface area contributed by atoms with Gasteiger partial charge in [0, 0.05) is 22.1 Å². The summed E-state index contributed by atoms with van der Waals surface area (Å²) in [5.74, 6) is -0.851. The summed E-state index contributed by atoms with van der Waals surface area (Å²) in [6.45, 7) is 2.04. The van der Waals surface area contributed by atoms with Crippen molar-refractivity contribution in [1.29, 1.82) is 0 Å². The average molecular weight is 511 g/mol. The largest absolute Gasteiger partial charge is 0.349 e. The number of nitrogens with one attached hydrogen (secondary N) is 2. The van der Waals surface area contributed by atoms with Crippen LogP contribution in [0.2, 0.25) is 0 Å². The average Bonchev–Trinajstić information content (AvgIpc) is 2.67. The van der Waals surface area contributed by atoms with Gasteiger partial charge in [0.05, 0.1) is 5.69 Å². The zero-order valence-electron chi connectivity index (χ0n) is 15.0. The van der Waals surface area contributed by atoms with Crippen molar-refractivity contribution in [3.05, 3.63) is 57.2 Å². The van der Waals surface area contributed by atoms with E-state index in [1.165, 1.54) is 6.07 Å². The second kappa shape index (κ2) is 8.39. The van der Waals surface area contributed by atoms with Gasteiger partial charge in [-0.2, -0.15) is 8.42 Å². The lowest BCUT2D eigenvalue weighted by molar-refractivity contribution is -0.114. The number of halogens is 1. The molecule has 0 aromatic heterocycles. The molecular weight excluding hydrogens is 493 g/mol. The Bertz CT molecular complexity index is 1080. The molecule has 2 aromatic rings. The van der Waals surface area contributed by atoms with E-state index in [0.29, 0.717) is 24.1 Å². The van der Waals surface area contributed by atoms with Gasteiger partial charge < -0.3 is 10.6 Å². The fourth-order valence-corrected chi connectivity index (χ4v) is 4.67. The molecular formula is C19H18IN3O4S. The minimum absolute atomic E-state index is 0.0394. The number of hydrogen-bond donors (Lipinski definition) is 2. The van der Waals surface area contributed by atoms with Crippen LogP contribution in [0.1, 0.15) is 29.3 Å². The van der Waals surface area contributed by atoms with E-state index < -0.39 is 15.9 Å². The molecule has 1 aliphatic rings. The number of anilines is 1. The maximum absolute atomic E-state index is 12.4. The number of amides is 1. The third-order valence-electron chi connectivity index (χ3n) is 4.22. The summed E-state index contributed by atoms with van der Waals surface area (Å²) >= 11 is 2.01. The summed E-state index contributed by atoms with van der Waals surface area (Å²) in [4.78, 5) is 24.4. The summed E-state index contributed by atoms with van der Waals surface area (Å²) in [5, 5.41) is 5.42. The molecule has 9 heteroatoms. The fourth-order valence-electron chi connectivity index (χ4n) is 2.83. The first-order valence-electron chi connectivity index (χ1n) is 8.62. The summed E-state index contributed by atoms with van der Waals surface area (Å²) in [6, 6.07) is 12.1. The number of carbonyl (C=O) groups excluding carboxylic acids is 2. The van der Waals surface area contributed by atoms with Crippen LogP contribution >= 0.6 is 22.6 Å². The predicted molar refractivity (Wildman–Crippen MR) is 115 cm³/mol. The normalized spacial score (nSPS) is 14.4. The molecule has 1 amide bonds. The second-order valence-corrected chi connectivity index (χ2v) is 8.94. The van der Waals surface area contributed by atoms with Gasteiger partial charge in [0.25, 0.3) is 15.9 Å². The van der Waals surface area contributed by atoms with Crippen molar-refractivity contribution in [2.45, 2.75) is 24.7 Å². The smallest absolute Gasteiger partial charge is 0.287 e. The van der Waals surface area contributed by atoms with Crippen LogP contribution in [-0.2, 0) is 21.2 Å². The molecule has 28 heavy (non-hydrogen) atoms. The molecule has 7 nitrogen and oxygen atoms in total. The third kappa shape index (κ3) is 4.41. The lowest BCUT2D eigenvalue weighted by Gasteiger charge is -2.18. The Morgan fingerprint density at radius 1 is 1.18 bits per heavy atom. The molecule has 0 fully saturated rings. The number of sulfonamides is 1. The van der Waals surface area contributed by atoms with Crippen molar-refractivity contribution < 1.29 is 18.0 Å². The van der Waals surface area contributed by atoms with E-state index in [2.05, 4.69) is 15.0 Å². The van der Waals surface area contributed by atoms with Crippen LogP contribution in [0.25, 0.3) is 0 Å². The zero-order valence-corrected chi connectivity index (χ0v) is 18.0. The number of ketones is 1. The lowest BCUT2D eigenvalue weighted by atomic mass is 10.00. The predicted octanol–water partition coefficient (Wildman–Crippen LogP) is 2.76. The molecule has 3 rings (SSSR count). The van der Waals surface area contributed by atoms with Gasteiger partial charge in [-0.25, -0.2) is 0 Å². The first-order chi connectivity index (χ1) is 13.3. The van der Waals surface area contributed by atoms with E-state index in [4.69, 9.17) is 0 Å². The number of rotatable bonds is 6. The Morgan fingerprint density at radius 2 is 1.93 bits per heavy atom. The van der Waals surface area contributed by atoms with Gasteiger partial charge in [-0.1, -0.05) is 31.2 Å². The van der Waals surface area contributed by atoms with E-state index in [1.54, 1.807) is 31.2 Å². The van der Waals surface area contributed by atoms with Crippen molar-refractivity contribution in [3.63, 3.8) is 0 Å². The molecule has 146 valence electrons. The molecule has 0 spiro atoms. The fraction of sp³-hybridized carbons (Fsp3) is 0.211. The number of carbonyl (C=O) groups is 2. The first kappa shape index (κ1) is 20.5. The highest BCUT2D eigenvalue weighted by molar-refractivity contribution is 14.1. The van der Waals surface area contributed by atoms with Crippen LogP contribution in [-0.4, -0.2) is 32.5 Å². The zero-order chi connectivity index (χ0) is 20.3. The summed E-state index contributed by atoms with van der Waals surface area (Å²) in [6.07, 6.45) is 0.850. The number of fused-ring (bicyclic) bond motifs is 1. The quantitative estimate of drug-likeness (QED) is 0.459. The monoisotopic (exact) mass is 511 g/mol. The molecule has 1 heterocycles. The molecule has 2 aromatic carbocycles. The molecule has 0 unspecified atom stereocenters. The molecule has 0 bridgehead atoms. The minimum Gasteiger partial charge on any atom is -0.349 e. The Balaban J connectivity index is 1.70. The van der Waals surface area contributed by atoms with Crippen LogP contribution in [0.5, 0.6) is 0 Å². The number of Topliss-reactive ketones (excluding diaryl/α,β-unsaturated/α-hetero) is 1. The van der Waals surface area contributed by atoms with E-state index in [9.17, 15) is 18.0 Å². The maximum atomic E-state index is 12.4. The summed E-state index contributed by atoms with van der Waals surface area (Å²) < 4.78 is 29.0. The minimum atomic E-state index is -3.94. The Hall–Kier alpha value is -2.27. The molecule has 1 aliphatic heterocycles. The standard InChI is InChI=1S/C19H18IN3O4S/c1-2-16(24)14-6-4-3-5-12(14)9-10-21-19(25)18-22-15-8-7-13(20)11-17(15)28(26,27)23-18/h3-8,11H,2,9-10H2,1H3,(H,21,25)(H,22,23). The van der Waals surface area contributed by atoms with Gasteiger partial charge in [-0.05, 0) is 52.8 Å². The van der Waals surface area contributed by atoms with Gasteiger partial charge in [0.1, 0.15) is 4.90 Å². The van der Waals surface area contributed by atoms with Crippen molar-refractivity contribution in [2.24, 2.45) is 4.40 Å². The highest BCUT2D eigenvalue weighted by Gasteiger charge is 2.28. The van der Waals surface area contributed by atoms with E-state index in [0.717, 1.165) is 9.13 Å². The van der Waals surface area contributed by atoms with Crippen LogP contribution < -0.4 is 10.6 Å². The molecule has 0 saturated heterocycles. The highest BCUT2D eigenvalue weighted by Crippen LogP contribution is 2.28. The molecule has 0 aliphatic carbocycles. The number of benzene rings is 2. The molecule has 2 N–H and O–H groups in total. The van der Waals surface area contributed by atoms with E-state index in [-0.39, 0.29) is 23.1 Å². The maximum Gasteiger partial charge on any atom is 0.287 e. The Labute approximate surface area is 176 Å². The summed E-state index contributed by atoms with van der Waals surface area (Å²) in [5.41, 5.74) is 1.79. The van der Waals surface area contributed by atoms with E-state index >= 15 is 0 Å².